The maximum atomic E-state index is 12.1. The Kier molecular flexibility index (Phi) is 4.80. The number of aliphatic hydroxyl groups is 2. The standard InChI is InChI=1S/C21H26O3/c1-3-15-19-16(18(22)10-9-17(19)20(15)23)11-12-21(2,24)13-14-7-5-4-6-8-14/h4-8,15-19,22,24H,3,9-10,13H2,1-2H3/t15?,16-,17-,18+,19+,21+/m0/s1. The Morgan fingerprint density at radius 3 is 2.62 bits per heavy atom. The fourth-order valence-corrected chi connectivity index (χ4v) is 4.38. The van der Waals surface area contributed by atoms with Gasteiger partial charge in [0.1, 0.15) is 11.4 Å². The van der Waals surface area contributed by atoms with Gasteiger partial charge in [-0.05, 0) is 37.7 Å². The number of fused-ring (bicyclic) bond motifs is 1. The van der Waals surface area contributed by atoms with Crippen LogP contribution in [0.25, 0.3) is 0 Å². The number of hydrogen-bond donors (Lipinski definition) is 2. The third kappa shape index (κ3) is 3.27. The predicted molar refractivity (Wildman–Crippen MR) is 93.0 cm³/mol. The van der Waals surface area contributed by atoms with E-state index in [1.54, 1.807) is 6.92 Å². The van der Waals surface area contributed by atoms with E-state index in [1.165, 1.54) is 0 Å². The van der Waals surface area contributed by atoms with E-state index in [0.717, 1.165) is 18.4 Å². The highest BCUT2D eigenvalue weighted by atomic mass is 16.3. The number of carbonyl (C=O) groups excluding carboxylic acids is 1. The van der Waals surface area contributed by atoms with Crippen LogP contribution in [0.4, 0.5) is 0 Å². The first kappa shape index (κ1) is 17.2. The van der Waals surface area contributed by atoms with Gasteiger partial charge < -0.3 is 10.2 Å². The highest BCUT2D eigenvalue weighted by Crippen LogP contribution is 2.50. The van der Waals surface area contributed by atoms with E-state index in [2.05, 4.69) is 11.8 Å². The van der Waals surface area contributed by atoms with Gasteiger partial charge in [-0.2, -0.15) is 0 Å². The first-order chi connectivity index (χ1) is 11.4. The summed E-state index contributed by atoms with van der Waals surface area (Å²) in [4.78, 5) is 12.1. The van der Waals surface area contributed by atoms with Crippen molar-refractivity contribution in [1.29, 1.82) is 0 Å². The summed E-state index contributed by atoms with van der Waals surface area (Å²) in [5.74, 6) is 6.53. The molecule has 24 heavy (non-hydrogen) atoms. The average Bonchev–Trinajstić information content (AvgIpc) is 2.54. The molecular formula is C21H26O3. The monoisotopic (exact) mass is 326 g/mol. The van der Waals surface area contributed by atoms with Crippen LogP contribution in [0, 0.1) is 35.5 Å². The Labute approximate surface area is 144 Å². The molecule has 3 nitrogen and oxygen atoms in total. The molecule has 1 aromatic carbocycles. The van der Waals surface area contributed by atoms with Gasteiger partial charge in [0, 0.05) is 18.3 Å². The van der Waals surface area contributed by atoms with Crippen LogP contribution in [0.2, 0.25) is 0 Å². The second kappa shape index (κ2) is 6.70. The van der Waals surface area contributed by atoms with Crippen molar-refractivity contribution in [3.63, 3.8) is 0 Å². The quantitative estimate of drug-likeness (QED) is 0.840. The van der Waals surface area contributed by atoms with Crippen LogP contribution in [-0.2, 0) is 11.2 Å². The number of aliphatic hydroxyl groups excluding tert-OH is 1. The first-order valence-corrected chi connectivity index (χ1v) is 8.93. The molecule has 2 aliphatic rings. The van der Waals surface area contributed by atoms with Gasteiger partial charge in [0.05, 0.1) is 12.0 Å². The smallest absolute Gasteiger partial charge is 0.139 e. The van der Waals surface area contributed by atoms with E-state index >= 15 is 0 Å². The molecule has 0 heterocycles. The van der Waals surface area contributed by atoms with Crippen molar-refractivity contribution in [2.24, 2.45) is 23.7 Å². The van der Waals surface area contributed by atoms with Gasteiger partial charge in [-0.1, -0.05) is 49.1 Å². The SMILES string of the molecule is CCC1C(=O)[C@H]2CC[C@@H](O)[C@H](C#C[C@@](C)(O)Cc3ccccc3)[C@@H]12. The lowest BCUT2D eigenvalue weighted by Gasteiger charge is -2.50. The highest BCUT2D eigenvalue weighted by Gasteiger charge is 2.55. The molecule has 0 amide bonds. The first-order valence-electron chi connectivity index (χ1n) is 8.93. The van der Waals surface area contributed by atoms with E-state index in [-0.39, 0.29) is 23.7 Å². The van der Waals surface area contributed by atoms with Crippen molar-refractivity contribution in [2.75, 3.05) is 0 Å². The molecule has 0 bridgehead atoms. The van der Waals surface area contributed by atoms with E-state index in [1.807, 2.05) is 37.3 Å². The molecule has 0 saturated heterocycles. The second-order valence-corrected chi connectivity index (χ2v) is 7.48. The number of Topliss-reactive ketones (excluding diaryl/α,β-unsaturated/α-hetero) is 1. The fraction of sp³-hybridized carbons (Fsp3) is 0.571. The van der Waals surface area contributed by atoms with Crippen molar-refractivity contribution in [2.45, 2.75) is 51.2 Å². The summed E-state index contributed by atoms with van der Waals surface area (Å²) < 4.78 is 0. The number of rotatable bonds is 3. The van der Waals surface area contributed by atoms with Gasteiger partial charge in [0.25, 0.3) is 0 Å². The molecule has 0 radical (unpaired) electrons. The maximum Gasteiger partial charge on any atom is 0.139 e. The molecule has 128 valence electrons. The topological polar surface area (TPSA) is 57.5 Å². The lowest BCUT2D eigenvalue weighted by atomic mass is 9.52. The van der Waals surface area contributed by atoms with Gasteiger partial charge in [0.2, 0.25) is 0 Å². The molecule has 0 aromatic heterocycles. The largest absolute Gasteiger partial charge is 0.392 e. The van der Waals surface area contributed by atoms with Crippen molar-refractivity contribution in [3.8, 4) is 11.8 Å². The van der Waals surface area contributed by atoms with E-state index < -0.39 is 11.7 Å². The normalized spacial score (nSPS) is 34.3. The molecule has 2 saturated carbocycles. The maximum absolute atomic E-state index is 12.1. The summed E-state index contributed by atoms with van der Waals surface area (Å²) >= 11 is 0. The number of benzene rings is 1. The van der Waals surface area contributed by atoms with Crippen LogP contribution in [0.1, 0.15) is 38.7 Å². The van der Waals surface area contributed by atoms with Gasteiger partial charge in [-0.15, -0.1) is 0 Å². The Bertz CT molecular complexity index is 645. The Balaban J connectivity index is 1.76. The molecule has 3 heteroatoms. The molecule has 3 rings (SSSR count). The molecule has 2 fully saturated rings. The minimum Gasteiger partial charge on any atom is -0.392 e. The van der Waals surface area contributed by atoms with Crippen molar-refractivity contribution in [3.05, 3.63) is 35.9 Å². The third-order valence-electron chi connectivity index (χ3n) is 5.60. The second-order valence-electron chi connectivity index (χ2n) is 7.48. The molecule has 0 spiro atoms. The average molecular weight is 326 g/mol. The zero-order chi connectivity index (χ0) is 17.3. The van der Waals surface area contributed by atoms with E-state index in [0.29, 0.717) is 18.6 Å². The summed E-state index contributed by atoms with van der Waals surface area (Å²) in [7, 11) is 0. The number of ketones is 1. The van der Waals surface area contributed by atoms with Gasteiger partial charge in [-0.25, -0.2) is 0 Å². The lowest BCUT2D eigenvalue weighted by molar-refractivity contribution is -0.153. The van der Waals surface area contributed by atoms with Crippen LogP contribution in [0.5, 0.6) is 0 Å². The Hall–Kier alpha value is -1.63. The van der Waals surface area contributed by atoms with Gasteiger partial charge >= 0.3 is 0 Å². The zero-order valence-electron chi connectivity index (χ0n) is 14.4. The van der Waals surface area contributed by atoms with Crippen molar-refractivity contribution < 1.29 is 15.0 Å². The summed E-state index contributed by atoms with van der Waals surface area (Å²) in [6.07, 6.45) is 2.18. The number of hydrogen-bond acceptors (Lipinski definition) is 3. The van der Waals surface area contributed by atoms with E-state index in [9.17, 15) is 15.0 Å². The molecule has 2 aliphatic carbocycles. The third-order valence-corrected chi connectivity index (χ3v) is 5.60. The summed E-state index contributed by atoms with van der Waals surface area (Å²) in [5.41, 5.74) is -0.104. The number of carbonyl (C=O) groups is 1. The Morgan fingerprint density at radius 1 is 1.25 bits per heavy atom. The summed E-state index contributed by atoms with van der Waals surface area (Å²) in [5, 5.41) is 21.0. The van der Waals surface area contributed by atoms with Crippen molar-refractivity contribution >= 4 is 5.78 Å². The fourth-order valence-electron chi connectivity index (χ4n) is 4.38. The van der Waals surface area contributed by atoms with Crippen molar-refractivity contribution in [1.82, 2.24) is 0 Å². The zero-order valence-corrected chi connectivity index (χ0v) is 14.4. The van der Waals surface area contributed by atoms with Crippen LogP contribution in [0.3, 0.4) is 0 Å². The molecule has 2 N–H and O–H groups in total. The highest BCUT2D eigenvalue weighted by molar-refractivity contribution is 5.90. The minimum absolute atomic E-state index is 0.0309. The summed E-state index contributed by atoms with van der Waals surface area (Å²) in [6, 6.07) is 9.78. The molecule has 1 unspecified atom stereocenters. The lowest BCUT2D eigenvalue weighted by Crippen LogP contribution is -2.56. The Morgan fingerprint density at radius 2 is 1.96 bits per heavy atom. The molecule has 6 atom stereocenters. The molecular weight excluding hydrogens is 300 g/mol. The molecule has 1 aromatic rings. The van der Waals surface area contributed by atoms with E-state index in [4.69, 9.17) is 0 Å². The van der Waals surface area contributed by atoms with Crippen LogP contribution >= 0.6 is 0 Å². The minimum atomic E-state index is -1.14. The summed E-state index contributed by atoms with van der Waals surface area (Å²) in [6.45, 7) is 3.73. The predicted octanol–water partition coefficient (Wildman–Crippen LogP) is 2.60. The van der Waals surface area contributed by atoms with Crippen LogP contribution in [-0.4, -0.2) is 27.7 Å². The van der Waals surface area contributed by atoms with Gasteiger partial charge in [-0.3, -0.25) is 4.79 Å². The van der Waals surface area contributed by atoms with Gasteiger partial charge in [0.15, 0.2) is 0 Å². The molecule has 0 aliphatic heterocycles. The van der Waals surface area contributed by atoms with Crippen LogP contribution in [0.15, 0.2) is 30.3 Å². The van der Waals surface area contributed by atoms with Crippen LogP contribution < -0.4 is 0 Å².